The lowest BCUT2D eigenvalue weighted by molar-refractivity contribution is -0.104. The van der Waals surface area contributed by atoms with Gasteiger partial charge in [0.15, 0.2) is 0 Å². The number of nitrogens with two attached hydrogens (primary N) is 1. The summed E-state index contributed by atoms with van der Waals surface area (Å²) in [6, 6.07) is 3.83. The number of anilines is 1. The van der Waals surface area contributed by atoms with Gasteiger partial charge in [0.25, 0.3) is 0 Å². The van der Waals surface area contributed by atoms with Crippen LogP contribution in [0.5, 0.6) is 0 Å². The van der Waals surface area contributed by atoms with Crippen LogP contribution in [0.4, 0.5) is 5.82 Å². The molecule has 0 aliphatic rings. The fourth-order valence-corrected chi connectivity index (χ4v) is 3.84. The molecule has 0 amide bonds. The lowest BCUT2D eigenvalue weighted by Gasteiger charge is -2.43. The van der Waals surface area contributed by atoms with Crippen molar-refractivity contribution in [2.45, 2.75) is 98.7 Å². The molecular weight excluding hydrogens is 308 g/mol. The van der Waals surface area contributed by atoms with Gasteiger partial charge in [-0.2, -0.15) is 0 Å². The van der Waals surface area contributed by atoms with Crippen LogP contribution in [-0.4, -0.2) is 10.6 Å². The summed E-state index contributed by atoms with van der Waals surface area (Å²) >= 11 is 0. The summed E-state index contributed by atoms with van der Waals surface area (Å²) in [5.74, 6) is 1.08. The topological polar surface area (TPSA) is 48.1 Å². The molecule has 0 spiro atoms. The molecule has 1 aromatic rings. The van der Waals surface area contributed by atoms with Crippen LogP contribution in [0.2, 0.25) is 0 Å². The minimum Gasteiger partial charge on any atom is -0.384 e. The van der Waals surface area contributed by atoms with Crippen LogP contribution in [0.15, 0.2) is 18.3 Å². The highest BCUT2D eigenvalue weighted by molar-refractivity contribution is 5.28. The van der Waals surface area contributed by atoms with Crippen molar-refractivity contribution < 1.29 is 4.74 Å². The van der Waals surface area contributed by atoms with E-state index in [0.717, 1.165) is 5.56 Å². The van der Waals surface area contributed by atoms with Crippen molar-refractivity contribution in [3.63, 3.8) is 0 Å². The number of hydrogen-bond acceptors (Lipinski definition) is 3. The van der Waals surface area contributed by atoms with Crippen molar-refractivity contribution in [1.29, 1.82) is 0 Å². The number of pyridine rings is 1. The predicted molar refractivity (Wildman–Crippen MR) is 108 cm³/mol. The highest BCUT2D eigenvalue weighted by Gasteiger charge is 2.38. The van der Waals surface area contributed by atoms with E-state index in [0.29, 0.717) is 18.3 Å². The van der Waals surface area contributed by atoms with Crippen molar-refractivity contribution in [3.05, 3.63) is 23.9 Å². The van der Waals surface area contributed by atoms with Crippen molar-refractivity contribution in [3.8, 4) is 0 Å². The van der Waals surface area contributed by atoms with Crippen molar-refractivity contribution in [2.75, 3.05) is 5.73 Å². The maximum absolute atomic E-state index is 6.36. The van der Waals surface area contributed by atoms with Crippen LogP contribution in [0.3, 0.4) is 0 Å². The monoisotopic (exact) mass is 348 g/mol. The SMILES string of the molecule is CCCCCCCCC(C(C)(C)C)C(C)(C)OCc1ccc(N)nc1. The standard InChI is InChI=1S/C22H40N2O/c1-7-8-9-10-11-12-13-19(21(2,3)4)22(5,6)25-17-18-14-15-20(23)24-16-18/h14-16,19H,7-13,17H2,1-6H3,(H2,23,24). The van der Waals surface area contributed by atoms with Crippen molar-refractivity contribution in [1.82, 2.24) is 4.98 Å². The third-order valence-electron chi connectivity index (χ3n) is 5.19. The lowest BCUT2D eigenvalue weighted by atomic mass is 9.69. The van der Waals surface area contributed by atoms with Gasteiger partial charge in [0.2, 0.25) is 0 Å². The molecule has 0 aliphatic heterocycles. The molecule has 3 heteroatoms. The van der Waals surface area contributed by atoms with E-state index in [1.807, 2.05) is 18.3 Å². The van der Waals surface area contributed by atoms with Gasteiger partial charge >= 0.3 is 0 Å². The minimum absolute atomic E-state index is 0.164. The second-order valence-electron chi connectivity index (χ2n) is 8.96. The second-order valence-corrected chi connectivity index (χ2v) is 8.96. The predicted octanol–water partition coefficient (Wildman–Crippen LogP) is 6.37. The highest BCUT2D eigenvalue weighted by Crippen LogP contribution is 2.40. The number of ether oxygens (including phenoxy) is 1. The Bertz CT molecular complexity index is 474. The molecule has 0 saturated heterocycles. The van der Waals surface area contributed by atoms with Gasteiger partial charge in [0, 0.05) is 6.20 Å². The Balaban J connectivity index is 2.58. The molecule has 0 radical (unpaired) electrons. The molecule has 1 atom stereocenters. The number of unbranched alkanes of at least 4 members (excludes halogenated alkanes) is 5. The normalized spacial score (nSPS) is 13.8. The number of aromatic nitrogens is 1. The summed E-state index contributed by atoms with van der Waals surface area (Å²) in [5.41, 5.74) is 6.80. The summed E-state index contributed by atoms with van der Waals surface area (Å²) in [6.07, 6.45) is 11.1. The highest BCUT2D eigenvalue weighted by atomic mass is 16.5. The molecule has 0 aromatic carbocycles. The first-order valence-corrected chi connectivity index (χ1v) is 10.0. The molecule has 25 heavy (non-hydrogen) atoms. The Labute approximate surface area is 155 Å². The van der Waals surface area contributed by atoms with Crippen LogP contribution in [0.1, 0.15) is 92.1 Å². The number of nitrogens with zero attached hydrogens (tertiary/aromatic N) is 1. The fraction of sp³-hybridized carbons (Fsp3) is 0.773. The smallest absolute Gasteiger partial charge is 0.123 e. The number of hydrogen-bond donors (Lipinski definition) is 1. The molecule has 0 fully saturated rings. The van der Waals surface area contributed by atoms with E-state index in [9.17, 15) is 0 Å². The zero-order chi connectivity index (χ0) is 18.9. The molecule has 0 bridgehead atoms. The summed E-state index contributed by atoms with van der Waals surface area (Å²) in [4.78, 5) is 4.16. The Morgan fingerprint density at radius 2 is 1.64 bits per heavy atom. The van der Waals surface area contributed by atoms with Gasteiger partial charge in [-0.25, -0.2) is 4.98 Å². The Morgan fingerprint density at radius 1 is 1.00 bits per heavy atom. The van der Waals surface area contributed by atoms with E-state index >= 15 is 0 Å². The maximum atomic E-state index is 6.36. The van der Waals surface area contributed by atoms with Crippen LogP contribution >= 0.6 is 0 Å². The molecule has 0 aliphatic carbocycles. The average Bonchev–Trinajstić information content (AvgIpc) is 2.52. The number of rotatable bonds is 11. The van der Waals surface area contributed by atoms with E-state index < -0.39 is 0 Å². The van der Waals surface area contributed by atoms with E-state index in [4.69, 9.17) is 10.5 Å². The second kappa shape index (κ2) is 10.2. The van der Waals surface area contributed by atoms with Crippen LogP contribution in [-0.2, 0) is 11.3 Å². The van der Waals surface area contributed by atoms with Crippen LogP contribution in [0.25, 0.3) is 0 Å². The molecule has 1 unspecified atom stereocenters. The van der Waals surface area contributed by atoms with E-state index in [-0.39, 0.29) is 11.0 Å². The summed E-state index contributed by atoms with van der Waals surface area (Å²) in [7, 11) is 0. The van der Waals surface area contributed by atoms with E-state index in [1.54, 1.807) is 0 Å². The van der Waals surface area contributed by atoms with Gasteiger partial charge in [-0.1, -0.05) is 72.3 Å². The first-order valence-electron chi connectivity index (χ1n) is 10.0. The van der Waals surface area contributed by atoms with Gasteiger partial charge in [-0.3, -0.25) is 0 Å². The maximum Gasteiger partial charge on any atom is 0.123 e. The van der Waals surface area contributed by atoms with Crippen molar-refractivity contribution in [2.24, 2.45) is 11.3 Å². The van der Waals surface area contributed by atoms with Crippen LogP contribution in [0, 0.1) is 11.3 Å². The largest absolute Gasteiger partial charge is 0.384 e. The molecule has 1 aromatic heterocycles. The first-order chi connectivity index (χ1) is 11.7. The van der Waals surface area contributed by atoms with Crippen LogP contribution < -0.4 is 5.73 Å². The lowest BCUT2D eigenvalue weighted by Crippen LogP contribution is -2.42. The minimum atomic E-state index is -0.164. The summed E-state index contributed by atoms with van der Waals surface area (Å²) < 4.78 is 6.36. The molecule has 2 N–H and O–H groups in total. The average molecular weight is 349 g/mol. The first kappa shape index (κ1) is 22.0. The Hall–Kier alpha value is -1.09. The Kier molecular flexibility index (Phi) is 8.92. The quantitative estimate of drug-likeness (QED) is 0.472. The summed E-state index contributed by atoms with van der Waals surface area (Å²) in [5, 5.41) is 0. The zero-order valence-corrected chi connectivity index (χ0v) is 17.4. The summed E-state index contributed by atoms with van der Waals surface area (Å²) in [6.45, 7) is 14.4. The molecule has 0 saturated carbocycles. The van der Waals surface area contributed by atoms with Gasteiger partial charge in [-0.05, 0) is 43.2 Å². The Morgan fingerprint density at radius 3 is 2.20 bits per heavy atom. The molecule has 1 rings (SSSR count). The van der Waals surface area contributed by atoms with Gasteiger partial charge in [0.05, 0.1) is 12.2 Å². The van der Waals surface area contributed by atoms with E-state index in [2.05, 4.69) is 46.5 Å². The van der Waals surface area contributed by atoms with Gasteiger partial charge in [-0.15, -0.1) is 0 Å². The fourth-order valence-electron chi connectivity index (χ4n) is 3.84. The van der Waals surface area contributed by atoms with Crippen molar-refractivity contribution >= 4 is 5.82 Å². The molecule has 144 valence electrons. The van der Waals surface area contributed by atoms with Gasteiger partial charge in [0.1, 0.15) is 5.82 Å². The van der Waals surface area contributed by atoms with Gasteiger partial charge < -0.3 is 10.5 Å². The molecule has 1 heterocycles. The number of nitrogen functional groups attached to an aromatic ring is 1. The zero-order valence-electron chi connectivity index (χ0n) is 17.4. The van der Waals surface area contributed by atoms with E-state index in [1.165, 1.54) is 44.9 Å². The third-order valence-corrected chi connectivity index (χ3v) is 5.19. The third kappa shape index (κ3) is 8.22. The molecule has 3 nitrogen and oxygen atoms in total. The molecular formula is C22H40N2O.